The molecule has 3 nitrogen and oxygen atoms in total. The number of aliphatic hydroxyl groups is 3. The third kappa shape index (κ3) is 7.18. The minimum atomic E-state index is -0.183. The molecule has 0 amide bonds. The van der Waals surface area contributed by atoms with Gasteiger partial charge in [0, 0.05) is 5.92 Å². The zero-order valence-corrected chi connectivity index (χ0v) is 28.7. The van der Waals surface area contributed by atoms with Crippen LogP contribution in [0.25, 0.3) is 0 Å². The van der Waals surface area contributed by atoms with E-state index in [1.165, 1.54) is 33.4 Å². The predicted octanol–water partition coefficient (Wildman–Crippen LogP) is 9.81. The fourth-order valence-electron chi connectivity index (χ4n) is 10.0. The minimum Gasteiger partial charge on any atom is -0.393 e. The molecule has 6 rings (SSSR count). The van der Waals surface area contributed by atoms with E-state index in [0.717, 1.165) is 64.2 Å². The van der Waals surface area contributed by atoms with Crippen molar-refractivity contribution in [1.29, 1.82) is 0 Å². The summed E-state index contributed by atoms with van der Waals surface area (Å²) in [5.74, 6) is 3.37. The Morgan fingerprint density at radius 3 is 1.20 bits per heavy atom. The largest absolute Gasteiger partial charge is 0.393 e. The van der Waals surface area contributed by atoms with Gasteiger partial charge in [0.05, 0.1) is 18.3 Å². The minimum absolute atomic E-state index is 0.167. The predicted molar refractivity (Wildman–Crippen MR) is 189 cm³/mol. The monoisotopic (exact) mass is 622 g/mol. The quantitative estimate of drug-likeness (QED) is 0.234. The summed E-state index contributed by atoms with van der Waals surface area (Å²) in [7, 11) is 0. The number of hydrogen-bond donors (Lipinski definition) is 3. The summed E-state index contributed by atoms with van der Waals surface area (Å²) in [6.45, 7) is 9.44. The SMILES string of the molecule is CC(CC(c1ccccc1C1CCC(O)CC1C)c1ccccc1C1CCC(O)CC1C)c1ccccc1C1CCC(O)CC1C. The van der Waals surface area contributed by atoms with Crippen LogP contribution in [-0.4, -0.2) is 33.6 Å². The van der Waals surface area contributed by atoms with Crippen LogP contribution in [0.5, 0.6) is 0 Å². The Hall–Kier alpha value is -2.46. The highest BCUT2D eigenvalue weighted by atomic mass is 16.3. The van der Waals surface area contributed by atoms with E-state index in [4.69, 9.17) is 0 Å². The molecule has 3 aliphatic rings. The van der Waals surface area contributed by atoms with E-state index in [2.05, 4.69) is 100 Å². The average Bonchev–Trinajstić information content (AvgIpc) is 3.04. The molecule has 0 radical (unpaired) electrons. The summed E-state index contributed by atoms with van der Waals surface area (Å²) in [5.41, 5.74) is 8.84. The molecule has 0 heterocycles. The Balaban J connectivity index is 1.42. The van der Waals surface area contributed by atoms with Gasteiger partial charge >= 0.3 is 0 Å². The molecule has 3 heteroatoms. The van der Waals surface area contributed by atoms with Gasteiger partial charge in [-0.25, -0.2) is 0 Å². The van der Waals surface area contributed by atoms with E-state index in [-0.39, 0.29) is 24.2 Å². The van der Waals surface area contributed by atoms with Gasteiger partial charge in [-0.3, -0.25) is 0 Å². The highest BCUT2D eigenvalue weighted by Gasteiger charge is 2.35. The number of rotatable bonds is 8. The summed E-state index contributed by atoms with van der Waals surface area (Å²) in [6, 6.07) is 27.7. The fourth-order valence-corrected chi connectivity index (χ4v) is 10.0. The van der Waals surface area contributed by atoms with E-state index >= 15 is 0 Å². The van der Waals surface area contributed by atoms with Gasteiger partial charge in [-0.15, -0.1) is 0 Å². The highest BCUT2D eigenvalue weighted by molar-refractivity contribution is 5.46. The fraction of sp³-hybridized carbons (Fsp3) is 0.581. The van der Waals surface area contributed by atoms with Crippen molar-refractivity contribution in [3.63, 3.8) is 0 Å². The van der Waals surface area contributed by atoms with Crippen LogP contribution >= 0.6 is 0 Å². The Morgan fingerprint density at radius 2 is 0.826 bits per heavy atom. The third-order valence-corrected chi connectivity index (χ3v) is 12.5. The van der Waals surface area contributed by atoms with Gasteiger partial charge in [0.2, 0.25) is 0 Å². The van der Waals surface area contributed by atoms with Gasteiger partial charge in [0.15, 0.2) is 0 Å². The van der Waals surface area contributed by atoms with E-state index < -0.39 is 0 Å². The molecule has 3 aromatic carbocycles. The highest BCUT2D eigenvalue weighted by Crippen LogP contribution is 2.49. The average molecular weight is 623 g/mol. The summed E-state index contributed by atoms with van der Waals surface area (Å²) in [5, 5.41) is 31.4. The van der Waals surface area contributed by atoms with Gasteiger partial charge in [-0.2, -0.15) is 0 Å². The molecule has 248 valence electrons. The lowest BCUT2D eigenvalue weighted by Crippen LogP contribution is -2.27. The van der Waals surface area contributed by atoms with Crippen LogP contribution in [0.15, 0.2) is 72.8 Å². The first-order chi connectivity index (χ1) is 22.2. The smallest absolute Gasteiger partial charge is 0.0543 e. The molecular formula is C43H58O3. The van der Waals surface area contributed by atoms with Crippen LogP contribution in [0.3, 0.4) is 0 Å². The van der Waals surface area contributed by atoms with Crippen LogP contribution in [0, 0.1) is 17.8 Å². The van der Waals surface area contributed by atoms with Gasteiger partial charge in [-0.1, -0.05) is 100 Å². The van der Waals surface area contributed by atoms with Crippen LogP contribution in [0.4, 0.5) is 0 Å². The maximum atomic E-state index is 10.5. The maximum Gasteiger partial charge on any atom is 0.0543 e. The molecule has 3 N–H and O–H groups in total. The molecule has 3 aliphatic carbocycles. The molecule has 3 aromatic rings. The molecular weight excluding hydrogens is 564 g/mol. The molecule has 46 heavy (non-hydrogen) atoms. The second-order valence-corrected chi connectivity index (χ2v) is 15.7. The topological polar surface area (TPSA) is 60.7 Å². The molecule has 10 unspecified atom stereocenters. The maximum absolute atomic E-state index is 10.5. The normalized spacial score (nSPS) is 33.3. The molecule has 3 saturated carbocycles. The molecule has 3 fully saturated rings. The summed E-state index contributed by atoms with van der Waals surface area (Å²) in [4.78, 5) is 0. The van der Waals surface area contributed by atoms with Crippen LogP contribution in [0.2, 0.25) is 0 Å². The molecule has 10 atom stereocenters. The van der Waals surface area contributed by atoms with Crippen molar-refractivity contribution in [3.05, 3.63) is 106 Å². The van der Waals surface area contributed by atoms with Gasteiger partial charge in [0.1, 0.15) is 0 Å². The Morgan fingerprint density at radius 1 is 0.500 bits per heavy atom. The van der Waals surface area contributed by atoms with Crippen LogP contribution < -0.4 is 0 Å². The lowest BCUT2D eigenvalue weighted by Gasteiger charge is -2.38. The van der Waals surface area contributed by atoms with Crippen molar-refractivity contribution in [1.82, 2.24) is 0 Å². The lowest BCUT2D eigenvalue weighted by atomic mass is 9.68. The van der Waals surface area contributed by atoms with Crippen molar-refractivity contribution in [2.24, 2.45) is 17.8 Å². The van der Waals surface area contributed by atoms with Gasteiger partial charge in [-0.05, 0) is 139 Å². The van der Waals surface area contributed by atoms with E-state index in [0.29, 0.717) is 41.4 Å². The van der Waals surface area contributed by atoms with Crippen LogP contribution in [-0.2, 0) is 0 Å². The van der Waals surface area contributed by atoms with E-state index in [1.54, 1.807) is 0 Å². The number of benzene rings is 3. The zero-order valence-electron chi connectivity index (χ0n) is 28.7. The second-order valence-electron chi connectivity index (χ2n) is 15.7. The number of hydrogen-bond acceptors (Lipinski definition) is 3. The standard InChI is InChI=1S/C43H58O3/c1-27-23-31(44)17-20-35(27)38-12-6-5-11-34(38)30(4)26-43(41-15-9-7-13-39(41)36-21-18-32(45)24-28(36)2)42-16-10-8-14-40(42)37-22-19-33(46)25-29(37)3/h5-16,27-33,35-37,43-46H,17-26H2,1-4H3. The first-order valence-electron chi connectivity index (χ1n) is 18.5. The Labute approximate surface area is 278 Å². The van der Waals surface area contributed by atoms with Crippen molar-refractivity contribution >= 4 is 0 Å². The molecule has 0 spiro atoms. The van der Waals surface area contributed by atoms with Gasteiger partial charge < -0.3 is 15.3 Å². The van der Waals surface area contributed by atoms with Gasteiger partial charge in [0.25, 0.3) is 0 Å². The summed E-state index contributed by atoms with van der Waals surface area (Å²) in [6.07, 6.45) is 8.92. The first kappa shape index (κ1) is 33.4. The van der Waals surface area contributed by atoms with Crippen molar-refractivity contribution in [2.75, 3.05) is 0 Å². The lowest BCUT2D eigenvalue weighted by molar-refractivity contribution is 0.0944. The third-order valence-electron chi connectivity index (χ3n) is 12.5. The second kappa shape index (κ2) is 14.8. The van der Waals surface area contributed by atoms with Crippen molar-refractivity contribution in [3.8, 4) is 0 Å². The molecule has 0 aromatic heterocycles. The molecule has 0 aliphatic heterocycles. The summed E-state index contributed by atoms with van der Waals surface area (Å²) < 4.78 is 0. The first-order valence-corrected chi connectivity index (χ1v) is 18.5. The Bertz CT molecular complexity index is 1360. The van der Waals surface area contributed by atoms with E-state index in [9.17, 15) is 15.3 Å². The number of aliphatic hydroxyl groups excluding tert-OH is 3. The van der Waals surface area contributed by atoms with Crippen molar-refractivity contribution in [2.45, 2.75) is 140 Å². The van der Waals surface area contributed by atoms with E-state index in [1.807, 2.05) is 0 Å². The molecule has 0 saturated heterocycles. The van der Waals surface area contributed by atoms with Crippen LogP contribution in [0.1, 0.15) is 155 Å². The zero-order chi connectivity index (χ0) is 32.4. The summed E-state index contributed by atoms with van der Waals surface area (Å²) >= 11 is 0. The Kier molecular flexibility index (Phi) is 10.7. The van der Waals surface area contributed by atoms with Crippen molar-refractivity contribution < 1.29 is 15.3 Å². The molecule has 0 bridgehead atoms.